The van der Waals surface area contributed by atoms with Crippen LogP contribution in [0.2, 0.25) is 0 Å². The molecule has 0 atom stereocenters. The minimum absolute atomic E-state index is 1.05. The van der Waals surface area contributed by atoms with E-state index in [9.17, 15) is 0 Å². The van der Waals surface area contributed by atoms with Crippen LogP contribution in [0, 0.1) is 0 Å². The molecular formula is C11H25NS. The molecule has 0 radical (unpaired) electrons. The first kappa shape index (κ1) is 13.3. The zero-order valence-electron chi connectivity index (χ0n) is 9.26. The maximum absolute atomic E-state index is 4.20. The number of likely N-dealkylation sites (tertiary alicyclic amines) is 1. The zero-order valence-corrected chi connectivity index (χ0v) is 10.2. The second-order valence-electron chi connectivity index (χ2n) is 3.33. The monoisotopic (exact) mass is 203 g/mol. The molecule has 0 aromatic carbocycles. The molecular weight excluding hydrogens is 178 g/mol. The summed E-state index contributed by atoms with van der Waals surface area (Å²) in [4.78, 5) is 2.59. The lowest BCUT2D eigenvalue weighted by Gasteiger charge is -2.26. The molecule has 80 valence electrons. The lowest BCUT2D eigenvalue weighted by atomic mass is 10.1. The Bertz CT molecular complexity index is 90.1. The van der Waals surface area contributed by atoms with Crippen LogP contribution >= 0.6 is 12.6 Å². The van der Waals surface area contributed by atoms with Crippen LogP contribution in [-0.4, -0.2) is 30.3 Å². The highest BCUT2D eigenvalue weighted by Gasteiger charge is 2.08. The van der Waals surface area contributed by atoms with E-state index < -0.39 is 0 Å². The molecule has 0 bridgehead atoms. The van der Waals surface area contributed by atoms with E-state index in [1.807, 2.05) is 13.8 Å². The van der Waals surface area contributed by atoms with Crippen molar-refractivity contribution in [2.75, 3.05) is 25.4 Å². The molecule has 0 aromatic rings. The largest absolute Gasteiger partial charge is 0.303 e. The molecule has 0 unspecified atom stereocenters. The molecule has 0 aromatic heterocycles. The lowest BCUT2D eigenvalue weighted by molar-refractivity contribution is 0.226. The quantitative estimate of drug-likeness (QED) is 0.542. The summed E-state index contributed by atoms with van der Waals surface area (Å²) >= 11 is 4.20. The van der Waals surface area contributed by atoms with Gasteiger partial charge in [-0.25, -0.2) is 0 Å². The number of hydrogen-bond acceptors (Lipinski definition) is 2. The number of piperidine rings is 1. The predicted octanol–water partition coefficient (Wildman–Crippen LogP) is 3.21. The molecule has 1 heterocycles. The van der Waals surface area contributed by atoms with Crippen LogP contribution in [-0.2, 0) is 0 Å². The average Bonchev–Trinajstić information content (AvgIpc) is 2.23. The number of rotatable bonds is 4. The maximum atomic E-state index is 4.20. The fourth-order valence-electron chi connectivity index (χ4n) is 1.63. The van der Waals surface area contributed by atoms with E-state index in [0.29, 0.717) is 0 Å². The lowest BCUT2D eigenvalue weighted by Crippen LogP contribution is -2.30. The summed E-state index contributed by atoms with van der Waals surface area (Å²) in [5, 5.41) is 0. The molecule has 1 rings (SSSR count). The predicted molar refractivity (Wildman–Crippen MR) is 64.7 cm³/mol. The Balaban J connectivity index is 0.000000671. The molecule has 2 heteroatoms. The summed E-state index contributed by atoms with van der Waals surface area (Å²) in [6.07, 6.45) is 6.90. The second-order valence-corrected chi connectivity index (χ2v) is 3.78. The van der Waals surface area contributed by atoms with Crippen LogP contribution in [0.15, 0.2) is 0 Å². The minimum Gasteiger partial charge on any atom is -0.303 e. The highest BCUT2D eigenvalue weighted by atomic mass is 32.1. The Morgan fingerprint density at radius 2 is 1.62 bits per heavy atom. The van der Waals surface area contributed by atoms with Crippen LogP contribution in [0.25, 0.3) is 0 Å². The van der Waals surface area contributed by atoms with Crippen molar-refractivity contribution in [3.63, 3.8) is 0 Å². The normalized spacial score (nSPS) is 17.8. The minimum atomic E-state index is 1.05. The van der Waals surface area contributed by atoms with E-state index >= 15 is 0 Å². The number of hydrogen-bond donors (Lipinski definition) is 1. The van der Waals surface area contributed by atoms with E-state index in [2.05, 4.69) is 17.5 Å². The first-order valence-corrected chi connectivity index (χ1v) is 6.40. The molecule has 13 heavy (non-hydrogen) atoms. The van der Waals surface area contributed by atoms with E-state index in [-0.39, 0.29) is 0 Å². The first-order chi connectivity index (χ1) is 6.43. The Hall–Kier alpha value is 0.310. The van der Waals surface area contributed by atoms with E-state index in [1.54, 1.807) is 0 Å². The topological polar surface area (TPSA) is 3.24 Å². The van der Waals surface area contributed by atoms with E-state index in [1.165, 1.54) is 51.7 Å². The molecule has 0 amide bonds. The van der Waals surface area contributed by atoms with E-state index in [0.717, 1.165) is 5.75 Å². The van der Waals surface area contributed by atoms with Gasteiger partial charge >= 0.3 is 0 Å². The standard InChI is InChI=1S/C9H19NS.C2H6/c11-9-5-4-8-10-6-2-1-3-7-10;1-2/h11H,1-9H2;1-2H3. The molecule has 1 nitrogen and oxygen atoms in total. The van der Waals surface area contributed by atoms with Gasteiger partial charge in [-0.3, -0.25) is 0 Å². The van der Waals surface area contributed by atoms with Crippen molar-refractivity contribution < 1.29 is 0 Å². The summed E-state index contributed by atoms with van der Waals surface area (Å²) in [6.45, 7) is 7.99. The third-order valence-electron chi connectivity index (χ3n) is 2.33. The molecule has 0 spiro atoms. The summed E-state index contributed by atoms with van der Waals surface area (Å²) in [5.74, 6) is 1.05. The highest BCUT2D eigenvalue weighted by molar-refractivity contribution is 7.80. The summed E-state index contributed by atoms with van der Waals surface area (Å²) in [6, 6.07) is 0. The Kier molecular flexibility index (Phi) is 10.6. The Morgan fingerprint density at radius 3 is 2.15 bits per heavy atom. The van der Waals surface area contributed by atoms with Crippen LogP contribution in [0.1, 0.15) is 46.0 Å². The second kappa shape index (κ2) is 10.4. The van der Waals surface area contributed by atoms with E-state index in [4.69, 9.17) is 0 Å². The summed E-state index contributed by atoms with van der Waals surface area (Å²) in [5.41, 5.74) is 0. The zero-order chi connectivity index (χ0) is 9.94. The van der Waals surface area contributed by atoms with Gasteiger partial charge in [0.1, 0.15) is 0 Å². The number of unbranched alkanes of at least 4 members (excludes halogenated alkanes) is 1. The van der Waals surface area contributed by atoms with Crippen LogP contribution in [0.5, 0.6) is 0 Å². The Morgan fingerprint density at radius 1 is 1.00 bits per heavy atom. The third kappa shape index (κ3) is 7.39. The van der Waals surface area contributed by atoms with Crippen molar-refractivity contribution in [1.82, 2.24) is 4.90 Å². The average molecular weight is 203 g/mol. The van der Waals surface area contributed by atoms with Gasteiger partial charge in [0, 0.05) is 0 Å². The summed E-state index contributed by atoms with van der Waals surface area (Å²) < 4.78 is 0. The molecule has 1 aliphatic rings. The Labute approximate surface area is 89.3 Å². The van der Waals surface area contributed by atoms with Gasteiger partial charge < -0.3 is 4.90 Å². The first-order valence-electron chi connectivity index (χ1n) is 5.76. The molecule has 1 fully saturated rings. The van der Waals surface area contributed by atoms with Crippen molar-refractivity contribution in [3.05, 3.63) is 0 Å². The van der Waals surface area contributed by atoms with Gasteiger partial charge in [0.15, 0.2) is 0 Å². The van der Waals surface area contributed by atoms with Crippen molar-refractivity contribution in [3.8, 4) is 0 Å². The fraction of sp³-hybridized carbons (Fsp3) is 1.00. The molecule has 0 N–H and O–H groups in total. The van der Waals surface area contributed by atoms with Gasteiger partial charge in [-0.05, 0) is 51.1 Å². The SMILES string of the molecule is CC.SCCCCN1CCCCC1. The van der Waals surface area contributed by atoms with Crippen LogP contribution < -0.4 is 0 Å². The maximum Gasteiger partial charge on any atom is -0.00184 e. The van der Waals surface area contributed by atoms with Crippen molar-refractivity contribution in [1.29, 1.82) is 0 Å². The molecule has 0 aliphatic carbocycles. The molecule has 0 saturated carbocycles. The van der Waals surface area contributed by atoms with Gasteiger partial charge in [-0.1, -0.05) is 20.3 Å². The number of thiol groups is 1. The van der Waals surface area contributed by atoms with Gasteiger partial charge in [0.05, 0.1) is 0 Å². The molecule has 1 aliphatic heterocycles. The highest BCUT2D eigenvalue weighted by Crippen LogP contribution is 2.09. The van der Waals surface area contributed by atoms with Crippen molar-refractivity contribution in [2.45, 2.75) is 46.0 Å². The van der Waals surface area contributed by atoms with Gasteiger partial charge in [0.2, 0.25) is 0 Å². The van der Waals surface area contributed by atoms with Crippen molar-refractivity contribution >= 4 is 12.6 Å². The molecule has 1 saturated heterocycles. The number of nitrogens with zero attached hydrogens (tertiary/aromatic N) is 1. The fourth-order valence-corrected chi connectivity index (χ4v) is 1.85. The summed E-state index contributed by atoms with van der Waals surface area (Å²) in [7, 11) is 0. The van der Waals surface area contributed by atoms with Crippen molar-refractivity contribution in [2.24, 2.45) is 0 Å². The third-order valence-corrected chi connectivity index (χ3v) is 2.65. The van der Waals surface area contributed by atoms with Gasteiger partial charge in [-0.2, -0.15) is 12.6 Å². The van der Waals surface area contributed by atoms with Gasteiger partial charge in [-0.15, -0.1) is 0 Å². The van der Waals surface area contributed by atoms with Crippen LogP contribution in [0.3, 0.4) is 0 Å². The van der Waals surface area contributed by atoms with Crippen LogP contribution in [0.4, 0.5) is 0 Å². The van der Waals surface area contributed by atoms with Gasteiger partial charge in [0.25, 0.3) is 0 Å². The smallest absolute Gasteiger partial charge is 0.00184 e.